The second-order valence-corrected chi connectivity index (χ2v) is 7.97. The molecule has 0 saturated carbocycles. The van der Waals surface area contributed by atoms with Crippen LogP contribution >= 0.6 is 11.8 Å². The molecule has 144 valence electrons. The summed E-state index contributed by atoms with van der Waals surface area (Å²) in [7, 11) is 0. The summed E-state index contributed by atoms with van der Waals surface area (Å²) in [5.41, 5.74) is -0.376. The second-order valence-electron chi connectivity index (χ2n) is 7.03. The monoisotopic (exact) mass is 386 g/mol. The summed E-state index contributed by atoms with van der Waals surface area (Å²) >= 11 is 1.23. The Balaban J connectivity index is 2.26. The molecular formula is C20H26N4O2S. The highest BCUT2D eigenvalue weighted by molar-refractivity contribution is 7.99. The number of amides is 1. The van der Waals surface area contributed by atoms with E-state index < -0.39 is 5.54 Å². The molecule has 1 atom stereocenters. The first-order chi connectivity index (χ1) is 12.8. The van der Waals surface area contributed by atoms with Crippen LogP contribution in [0.15, 0.2) is 34.2 Å². The Hall–Kier alpha value is -2.33. The van der Waals surface area contributed by atoms with Crippen LogP contribution < -0.4 is 10.9 Å². The van der Waals surface area contributed by atoms with Crippen molar-refractivity contribution in [3.05, 3.63) is 34.6 Å². The van der Waals surface area contributed by atoms with Gasteiger partial charge in [-0.25, -0.2) is 4.98 Å². The van der Waals surface area contributed by atoms with E-state index >= 15 is 0 Å². The lowest BCUT2D eigenvalue weighted by molar-refractivity contribution is -0.120. The number of fused-ring (bicyclic) bond motifs is 1. The number of thioether (sulfide) groups is 1. The number of carbonyl (C=O) groups is 1. The van der Waals surface area contributed by atoms with Gasteiger partial charge in [0, 0.05) is 6.54 Å². The molecule has 1 N–H and O–H groups in total. The van der Waals surface area contributed by atoms with Crippen LogP contribution in [0.1, 0.15) is 40.5 Å². The number of para-hydroxylation sites is 1. The number of benzene rings is 1. The fourth-order valence-electron chi connectivity index (χ4n) is 2.53. The van der Waals surface area contributed by atoms with Crippen molar-refractivity contribution in [2.24, 2.45) is 5.92 Å². The van der Waals surface area contributed by atoms with Crippen LogP contribution in [-0.2, 0) is 11.3 Å². The zero-order valence-corrected chi connectivity index (χ0v) is 17.1. The van der Waals surface area contributed by atoms with Crippen LogP contribution in [-0.4, -0.2) is 26.8 Å². The lowest BCUT2D eigenvalue weighted by Crippen LogP contribution is -2.49. The maximum absolute atomic E-state index is 12.8. The van der Waals surface area contributed by atoms with Gasteiger partial charge in [-0.1, -0.05) is 51.1 Å². The third-order valence-electron chi connectivity index (χ3n) is 4.68. The lowest BCUT2D eigenvalue weighted by atomic mass is 9.90. The topological polar surface area (TPSA) is 87.8 Å². The third kappa shape index (κ3) is 4.89. The minimum absolute atomic E-state index is 0.0158. The second kappa shape index (κ2) is 9.05. The number of unbranched alkanes of at least 4 members (excludes halogenated alkanes) is 1. The Labute approximate surface area is 164 Å². The van der Waals surface area contributed by atoms with Crippen molar-refractivity contribution in [2.75, 3.05) is 5.75 Å². The molecule has 7 heteroatoms. The Kier molecular flexibility index (Phi) is 7.03. The molecule has 2 rings (SSSR count). The summed E-state index contributed by atoms with van der Waals surface area (Å²) in [6, 6.07) is 9.41. The summed E-state index contributed by atoms with van der Waals surface area (Å²) in [6.45, 7) is 8.13. The first-order valence-corrected chi connectivity index (χ1v) is 10.2. The van der Waals surface area contributed by atoms with Gasteiger partial charge in [0.25, 0.3) is 5.56 Å². The summed E-state index contributed by atoms with van der Waals surface area (Å²) < 4.78 is 1.65. The number of hydrogen-bond acceptors (Lipinski definition) is 5. The average molecular weight is 387 g/mol. The van der Waals surface area contributed by atoms with E-state index in [2.05, 4.69) is 23.3 Å². The number of nitrogens with zero attached hydrogens (tertiary/aromatic N) is 3. The Morgan fingerprint density at radius 3 is 2.74 bits per heavy atom. The maximum Gasteiger partial charge on any atom is 0.262 e. The number of carbonyl (C=O) groups excluding carboxylic acids is 1. The highest BCUT2D eigenvalue weighted by Gasteiger charge is 2.30. The van der Waals surface area contributed by atoms with E-state index in [0.29, 0.717) is 22.6 Å². The predicted molar refractivity (Wildman–Crippen MR) is 109 cm³/mol. The largest absolute Gasteiger partial charge is 0.337 e. The molecule has 1 aromatic heterocycles. The molecule has 1 heterocycles. The Bertz CT molecular complexity index is 916. The van der Waals surface area contributed by atoms with Gasteiger partial charge in [0.05, 0.1) is 22.7 Å². The molecule has 2 aromatic rings. The van der Waals surface area contributed by atoms with Crippen molar-refractivity contribution in [3.8, 4) is 6.07 Å². The molecule has 0 unspecified atom stereocenters. The molecule has 0 aliphatic rings. The first-order valence-electron chi connectivity index (χ1n) is 9.17. The molecule has 0 spiro atoms. The first kappa shape index (κ1) is 21.0. The Morgan fingerprint density at radius 1 is 1.41 bits per heavy atom. The van der Waals surface area contributed by atoms with Crippen molar-refractivity contribution in [1.82, 2.24) is 14.9 Å². The Morgan fingerprint density at radius 2 is 2.11 bits per heavy atom. The highest BCUT2D eigenvalue weighted by atomic mass is 32.2. The smallest absolute Gasteiger partial charge is 0.262 e. The molecule has 1 amide bonds. The zero-order chi connectivity index (χ0) is 20.0. The summed E-state index contributed by atoms with van der Waals surface area (Å²) in [5.74, 6) is -0.166. The molecule has 0 aliphatic carbocycles. The fraction of sp³-hybridized carbons (Fsp3) is 0.500. The predicted octanol–water partition coefficient (Wildman–Crippen LogP) is 3.34. The number of rotatable bonds is 8. The summed E-state index contributed by atoms with van der Waals surface area (Å²) in [4.78, 5) is 29.8. The van der Waals surface area contributed by atoms with E-state index in [9.17, 15) is 14.9 Å². The van der Waals surface area contributed by atoms with Crippen molar-refractivity contribution in [2.45, 2.75) is 57.8 Å². The van der Waals surface area contributed by atoms with Crippen LogP contribution in [0, 0.1) is 17.2 Å². The van der Waals surface area contributed by atoms with Crippen LogP contribution in [0.5, 0.6) is 0 Å². The van der Waals surface area contributed by atoms with Crippen LogP contribution in [0.3, 0.4) is 0 Å². The normalized spacial score (nSPS) is 13.3. The number of nitriles is 1. The summed E-state index contributed by atoms with van der Waals surface area (Å²) in [5, 5.41) is 13.3. The van der Waals surface area contributed by atoms with Gasteiger partial charge in [0.2, 0.25) is 5.91 Å². The SMILES string of the molecule is CCCCn1c(SCC(=O)N[C@@](C)(C#N)C(C)C)nc2ccccc2c1=O. The number of aromatic nitrogens is 2. The molecule has 6 nitrogen and oxygen atoms in total. The van der Waals surface area contributed by atoms with E-state index in [1.165, 1.54) is 11.8 Å². The van der Waals surface area contributed by atoms with Gasteiger partial charge < -0.3 is 5.32 Å². The van der Waals surface area contributed by atoms with Crippen molar-refractivity contribution in [3.63, 3.8) is 0 Å². The van der Waals surface area contributed by atoms with Gasteiger partial charge in [-0.3, -0.25) is 14.2 Å². The number of hydrogen-bond donors (Lipinski definition) is 1. The maximum atomic E-state index is 12.8. The molecule has 0 aliphatic heterocycles. The lowest BCUT2D eigenvalue weighted by Gasteiger charge is -2.27. The zero-order valence-electron chi connectivity index (χ0n) is 16.3. The van der Waals surface area contributed by atoms with Gasteiger partial charge in [0.15, 0.2) is 5.16 Å². The van der Waals surface area contributed by atoms with Crippen molar-refractivity contribution in [1.29, 1.82) is 5.26 Å². The minimum atomic E-state index is -0.920. The van der Waals surface area contributed by atoms with Gasteiger partial charge in [-0.15, -0.1) is 0 Å². The van der Waals surface area contributed by atoms with Crippen LogP contribution in [0.25, 0.3) is 10.9 Å². The van der Waals surface area contributed by atoms with Gasteiger partial charge >= 0.3 is 0 Å². The van der Waals surface area contributed by atoms with E-state index in [0.717, 1.165) is 12.8 Å². The van der Waals surface area contributed by atoms with Crippen LogP contribution in [0.4, 0.5) is 0 Å². The van der Waals surface area contributed by atoms with Gasteiger partial charge in [-0.2, -0.15) is 5.26 Å². The number of nitrogens with one attached hydrogen (secondary N) is 1. The highest BCUT2D eigenvalue weighted by Crippen LogP contribution is 2.20. The summed E-state index contributed by atoms with van der Waals surface area (Å²) in [6.07, 6.45) is 1.82. The van der Waals surface area contributed by atoms with Gasteiger partial charge in [0.1, 0.15) is 5.54 Å². The molecule has 0 saturated heterocycles. The fourth-order valence-corrected chi connectivity index (χ4v) is 3.35. The molecule has 0 radical (unpaired) electrons. The van der Waals surface area contributed by atoms with E-state index in [1.54, 1.807) is 23.6 Å². The van der Waals surface area contributed by atoms with Crippen molar-refractivity contribution < 1.29 is 4.79 Å². The van der Waals surface area contributed by atoms with E-state index in [4.69, 9.17) is 0 Å². The van der Waals surface area contributed by atoms with Crippen LogP contribution in [0.2, 0.25) is 0 Å². The quantitative estimate of drug-likeness (QED) is 0.555. The van der Waals surface area contributed by atoms with Gasteiger partial charge in [-0.05, 0) is 31.4 Å². The van der Waals surface area contributed by atoms with E-state index in [1.807, 2.05) is 26.0 Å². The van der Waals surface area contributed by atoms with Crippen molar-refractivity contribution >= 4 is 28.6 Å². The molecule has 1 aromatic carbocycles. The third-order valence-corrected chi connectivity index (χ3v) is 5.66. The standard InChI is InChI=1S/C20H26N4O2S/c1-5-6-11-24-18(26)15-9-7-8-10-16(15)22-19(24)27-12-17(25)23-20(4,13-21)14(2)3/h7-10,14H,5-6,11-12H2,1-4H3,(H,23,25)/t20-/m0/s1. The minimum Gasteiger partial charge on any atom is -0.337 e. The molecule has 0 bridgehead atoms. The average Bonchev–Trinajstić information content (AvgIpc) is 2.65. The van der Waals surface area contributed by atoms with E-state index in [-0.39, 0.29) is 23.1 Å². The molecule has 0 fully saturated rings. The molecular weight excluding hydrogens is 360 g/mol. The molecule has 27 heavy (non-hydrogen) atoms.